The molecule has 2 saturated heterocycles. The number of carbonyl (C=O) groups excluding carboxylic acids is 1. The van der Waals surface area contributed by atoms with Gasteiger partial charge in [-0.25, -0.2) is 19.2 Å². The minimum absolute atomic E-state index is 0.0405. The van der Waals surface area contributed by atoms with E-state index in [0.717, 1.165) is 73.6 Å². The molecule has 0 unspecified atom stereocenters. The van der Waals surface area contributed by atoms with Gasteiger partial charge in [-0.3, -0.25) is 4.90 Å². The quantitative estimate of drug-likeness (QED) is 0.191. The average molecular weight is 608 g/mol. The highest BCUT2D eigenvalue weighted by Gasteiger charge is 2.26. The van der Waals surface area contributed by atoms with Crippen molar-refractivity contribution in [3.63, 3.8) is 0 Å². The minimum atomic E-state index is -0.536. The maximum absolute atomic E-state index is 14.3. The van der Waals surface area contributed by atoms with E-state index >= 15 is 0 Å². The minimum Gasteiger partial charge on any atom is -0.473 e. The van der Waals surface area contributed by atoms with Crippen LogP contribution in [0.3, 0.4) is 0 Å². The maximum Gasteiger partial charge on any atom is 0.384 e. The number of carbonyl (C=O) groups is 1. The number of aromatic nitrogens is 3. The van der Waals surface area contributed by atoms with E-state index in [2.05, 4.69) is 21.3 Å². The van der Waals surface area contributed by atoms with E-state index in [9.17, 15) is 9.18 Å². The number of hydrogen-bond acceptors (Lipinski definition) is 8. The van der Waals surface area contributed by atoms with Crippen molar-refractivity contribution in [3.8, 4) is 23.8 Å². The fourth-order valence-electron chi connectivity index (χ4n) is 5.71. The fourth-order valence-corrected chi connectivity index (χ4v) is 5.71. The number of nitriles is 1. The third kappa shape index (κ3) is 7.31. The summed E-state index contributed by atoms with van der Waals surface area (Å²) in [6.07, 6.45) is 3.07. The van der Waals surface area contributed by atoms with E-state index in [1.54, 1.807) is 25.1 Å². The molecule has 10 heteroatoms. The Morgan fingerprint density at radius 1 is 1.09 bits per heavy atom. The van der Waals surface area contributed by atoms with Crippen LogP contribution in [0.4, 0.5) is 4.39 Å². The number of piperidine rings is 1. The Balaban J connectivity index is 1.11. The van der Waals surface area contributed by atoms with Crippen molar-refractivity contribution < 1.29 is 23.4 Å². The molecule has 0 bridgehead atoms. The Morgan fingerprint density at radius 2 is 1.91 bits per heavy atom. The number of hydrogen-bond donors (Lipinski definition) is 0. The zero-order valence-corrected chi connectivity index (χ0v) is 25.2. The van der Waals surface area contributed by atoms with Gasteiger partial charge in [0.2, 0.25) is 5.88 Å². The lowest BCUT2D eigenvalue weighted by atomic mass is 9.93. The molecule has 0 amide bonds. The summed E-state index contributed by atoms with van der Waals surface area (Å²) in [6, 6.07) is 17.9. The summed E-state index contributed by atoms with van der Waals surface area (Å²) in [5.41, 5.74) is 4.23. The van der Waals surface area contributed by atoms with Crippen LogP contribution in [0.15, 0.2) is 54.6 Å². The topological polar surface area (TPSA) is 102 Å². The summed E-state index contributed by atoms with van der Waals surface area (Å²) in [5.74, 6) is 6.20. The van der Waals surface area contributed by atoms with Crippen LogP contribution in [-0.4, -0.2) is 57.8 Å². The van der Waals surface area contributed by atoms with E-state index < -0.39 is 11.8 Å². The van der Waals surface area contributed by atoms with Crippen molar-refractivity contribution in [1.82, 2.24) is 19.4 Å². The predicted molar refractivity (Wildman–Crippen MR) is 165 cm³/mol. The number of imidazole rings is 1. The first-order chi connectivity index (χ1) is 22.0. The van der Waals surface area contributed by atoms with Crippen LogP contribution in [0.25, 0.3) is 11.0 Å². The van der Waals surface area contributed by atoms with Crippen LogP contribution in [-0.2, 0) is 34.0 Å². The van der Waals surface area contributed by atoms with Gasteiger partial charge >= 0.3 is 5.97 Å². The number of benzene rings is 2. The number of halogens is 1. The van der Waals surface area contributed by atoms with Crippen LogP contribution < -0.4 is 4.74 Å². The van der Waals surface area contributed by atoms with Crippen molar-refractivity contribution in [2.45, 2.75) is 57.9 Å². The third-order valence-electron chi connectivity index (χ3n) is 8.26. The number of esters is 1. The van der Waals surface area contributed by atoms with Gasteiger partial charge < -0.3 is 18.8 Å². The Morgan fingerprint density at radius 3 is 2.64 bits per heavy atom. The SMILES string of the molecule is CCOC(=O)C#Cc1ccc2nc(CN3CCC(c4cccc(OCc5ccc(C#N)cc5F)n4)CC3)n(C[C@@H]3CCO3)c2c1. The third-order valence-corrected chi connectivity index (χ3v) is 8.26. The van der Waals surface area contributed by atoms with E-state index in [-0.39, 0.29) is 18.3 Å². The molecular weight excluding hydrogens is 573 g/mol. The summed E-state index contributed by atoms with van der Waals surface area (Å²) < 4.78 is 33.0. The average Bonchev–Trinajstić information content (AvgIpc) is 3.37. The predicted octanol–water partition coefficient (Wildman–Crippen LogP) is 5.10. The second kappa shape index (κ2) is 13.9. The molecule has 2 aliphatic rings. The van der Waals surface area contributed by atoms with Gasteiger partial charge in [-0.05, 0) is 75.7 Å². The number of rotatable bonds is 9. The molecule has 230 valence electrons. The van der Waals surface area contributed by atoms with Crippen molar-refractivity contribution in [1.29, 1.82) is 5.26 Å². The normalized spacial score (nSPS) is 16.8. The first-order valence-electron chi connectivity index (χ1n) is 15.3. The molecule has 0 saturated carbocycles. The highest BCUT2D eigenvalue weighted by molar-refractivity contribution is 5.89. The molecule has 4 aromatic rings. The number of nitrogens with zero attached hydrogens (tertiary/aromatic N) is 5. The van der Waals surface area contributed by atoms with Crippen LogP contribution in [0.1, 0.15) is 60.3 Å². The van der Waals surface area contributed by atoms with Crippen molar-refractivity contribution in [2.24, 2.45) is 0 Å². The lowest BCUT2D eigenvalue weighted by molar-refractivity contribution is -0.136. The molecule has 0 spiro atoms. The Bertz CT molecular complexity index is 1790. The highest BCUT2D eigenvalue weighted by Crippen LogP contribution is 2.30. The standard InChI is InChI=1S/C35H34FN5O4/c1-2-43-35(42)11-8-24-7-10-31-32(19-24)41(21-28-14-17-44-28)33(38-31)22-40-15-12-26(13-16-40)30-4-3-5-34(39-30)45-23-27-9-6-25(20-37)18-29(27)36/h3-7,9-10,18-19,26,28H,2,12-17,21-23H2,1H3/t28-/m0/s1. The molecule has 0 N–H and O–H groups in total. The fraction of sp³-hybridized carbons (Fsp3) is 0.371. The number of ether oxygens (including phenoxy) is 3. The number of likely N-dealkylation sites (tertiary alicyclic amines) is 1. The molecule has 45 heavy (non-hydrogen) atoms. The molecule has 4 heterocycles. The van der Waals surface area contributed by atoms with Crippen LogP contribution in [0.2, 0.25) is 0 Å². The first kappa shape index (κ1) is 30.3. The molecule has 6 rings (SSSR count). The maximum atomic E-state index is 14.3. The number of pyridine rings is 1. The molecular formula is C35H34FN5O4. The monoisotopic (exact) mass is 607 g/mol. The van der Waals surface area contributed by atoms with Crippen molar-refractivity contribution >= 4 is 17.0 Å². The zero-order chi connectivity index (χ0) is 31.2. The van der Waals surface area contributed by atoms with E-state index in [1.165, 1.54) is 6.07 Å². The summed E-state index contributed by atoms with van der Waals surface area (Å²) in [4.78, 5) is 23.9. The molecule has 0 aliphatic carbocycles. The van der Waals surface area contributed by atoms with Gasteiger partial charge in [0, 0.05) is 41.3 Å². The molecule has 2 aliphatic heterocycles. The Hall–Kier alpha value is -4.77. The van der Waals surface area contributed by atoms with Crippen molar-refractivity contribution in [3.05, 3.63) is 88.6 Å². The van der Waals surface area contributed by atoms with Gasteiger partial charge in [-0.15, -0.1) is 0 Å². The molecule has 2 fully saturated rings. The molecule has 1 atom stereocenters. The van der Waals surface area contributed by atoms with E-state index in [0.29, 0.717) is 30.5 Å². The largest absolute Gasteiger partial charge is 0.473 e. The summed E-state index contributed by atoms with van der Waals surface area (Å²) in [5, 5.41) is 8.96. The molecule has 2 aromatic carbocycles. The van der Waals surface area contributed by atoms with Gasteiger partial charge in [-0.1, -0.05) is 18.1 Å². The Labute approximate surface area is 261 Å². The highest BCUT2D eigenvalue weighted by atomic mass is 19.1. The van der Waals surface area contributed by atoms with E-state index in [4.69, 9.17) is 29.4 Å². The van der Waals surface area contributed by atoms with Crippen LogP contribution >= 0.6 is 0 Å². The smallest absolute Gasteiger partial charge is 0.384 e. The van der Waals surface area contributed by atoms with Gasteiger partial charge in [0.1, 0.15) is 18.2 Å². The lowest BCUT2D eigenvalue weighted by Crippen LogP contribution is -2.35. The molecule has 2 aromatic heterocycles. The van der Waals surface area contributed by atoms with Gasteiger partial charge in [-0.2, -0.15) is 5.26 Å². The molecule has 0 radical (unpaired) electrons. The molecule has 9 nitrogen and oxygen atoms in total. The van der Waals surface area contributed by atoms with Gasteiger partial charge in [0.25, 0.3) is 0 Å². The second-order valence-corrected chi connectivity index (χ2v) is 11.3. The van der Waals surface area contributed by atoms with Gasteiger partial charge in [0.05, 0.1) is 48.5 Å². The first-order valence-corrected chi connectivity index (χ1v) is 15.3. The van der Waals surface area contributed by atoms with E-state index in [1.807, 2.05) is 36.4 Å². The Kier molecular flexibility index (Phi) is 9.35. The van der Waals surface area contributed by atoms with Gasteiger partial charge in [0.15, 0.2) is 0 Å². The summed E-state index contributed by atoms with van der Waals surface area (Å²) in [7, 11) is 0. The second-order valence-electron chi connectivity index (χ2n) is 11.3. The lowest BCUT2D eigenvalue weighted by Gasteiger charge is -2.32. The van der Waals surface area contributed by atoms with Crippen molar-refractivity contribution in [2.75, 3.05) is 26.3 Å². The van der Waals surface area contributed by atoms with Crippen LogP contribution in [0, 0.1) is 29.0 Å². The summed E-state index contributed by atoms with van der Waals surface area (Å²) >= 11 is 0. The number of fused-ring (bicyclic) bond motifs is 1. The zero-order valence-electron chi connectivity index (χ0n) is 25.2. The summed E-state index contributed by atoms with van der Waals surface area (Å²) in [6.45, 7) is 6.10. The van der Waals surface area contributed by atoms with Crippen LogP contribution in [0.5, 0.6) is 5.88 Å².